The number of benzene rings is 8. The van der Waals surface area contributed by atoms with Crippen LogP contribution < -0.4 is 0 Å². The van der Waals surface area contributed by atoms with Gasteiger partial charge in [-0.05, 0) is 72.3 Å². The van der Waals surface area contributed by atoms with E-state index in [0.717, 1.165) is 43.8 Å². The molecule has 0 saturated heterocycles. The highest BCUT2D eigenvalue weighted by Crippen LogP contribution is 2.23. The summed E-state index contributed by atoms with van der Waals surface area (Å²) in [6.07, 6.45) is 16.2. The van der Waals surface area contributed by atoms with Crippen LogP contribution in [0.5, 0.6) is 0 Å². The molecule has 0 saturated carbocycles. The lowest BCUT2D eigenvalue weighted by Gasteiger charge is -2.25. The predicted octanol–water partition coefficient (Wildman–Crippen LogP) is 12.0. The fourth-order valence-electron chi connectivity index (χ4n) is 8.07. The summed E-state index contributed by atoms with van der Waals surface area (Å²) in [6.45, 7) is 3.20. The third kappa shape index (κ3) is 12.0. The number of aliphatic hydroxyl groups is 1. The largest absolute Gasteiger partial charge is 0.480 e. The minimum Gasteiger partial charge on any atom is -0.480 e. The fourth-order valence-corrected chi connectivity index (χ4v) is 8.07. The van der Waals surface area contributed by atoms with Gasteiger partial charge in [0.05, 0.1) is 6.61 Å². The second-order valence-electron chi connectivity index (χ2n) is 15.8. The van der Waals surface area contributed by atoms with Crippen LogP contribution in [-0.4, -0.2) is 81.9 Å². The van der Waals surface area contributed by atoms with E-state index < -0.39 is 30.6 Å². The van der Waals surface area contributed by atoms with Gasteiger partial charge < -0.3 is 15.3 Å². The van der Waals surface area contributed by atoms with Crippen LogP contribution in [0.4, 0.5) is 0 Å². The molecule has 65 heavy (non-hydrogen) atoms. The number of rotatable bonds is 17. The van der Waals surface area contributed by atoms with Crippen molar-refractivity contribution in [3.8, 4) is 0 Å². The summed E-state index contributed by atoms with van der Waals surface area (Å²) in [4.78, 5) is 27.1. The zero-order chi connectivity index (χ0) is 45.4. The molecule has 2 atom stereocenters. The molecule has 7 heteroatoms. The maximum Gasteiger partial charge on any atom is 0.323 e. The monoisotopic (exact) mass is 858 g/mol. The molecule has 326 valence electrons. The SMILES string of the molecule is CC(C(=O)O)N(C/C=C/c1cccc2ccccc12)C/C=C/c1cccc2ccccc12.O=C(O)C(CO)N(C/C=C/c1cccc2ccccc12)C/C=C/c1cccc2ccccc12. The molecule has 8 aromatic rings. The molecule has 0 aliphatic rings. The van der Waals surface area contributed by atoms with E-state index in [1.54, 1.807) is 11.8 Å². The molecule has 0 radical (unpaired) electrons. The first-order valence-corrected chi connectivity index (χ1v) is 21.9. The average Bonchev–Trinajstić information content (AvgIpc) is 3.33. The minimum absolute atomic E-state index is 0.403. The van der Waals surface area contributed by atoms with E-state index in [2.05, 4.69) is 97.1 Å². The number of carbonyl (C=O) groups is 2. The first-order chi connectivity index (χ1) is 31.8. The van der Waals surface area contributed by atoms with Crippen molar-refractivity contribution in [1.29, 1.82) is 0 Å². The number of carboxylic acids is 2. The summed E-state index contributed by atoms with van der Waals surface area (Å²) in [5, 5.41) is 38.3. The molecule has 8 rings (SSSR count). The Morgan fingerprint density at radius 3 is 0.969 bits per heavy atom. The normalized spacial score (nSPS) is 12.9. The van der Waals surface area contributed by atoms with E-state index in [9.17, 15) is 24.9 Å². The molecule has 0 fully saturated rings. The zero-order valence-electron chi connectivity index (χ0n) is 36.5. The van der Waals surface area contributed by atoms with Gasteiger partial charge in [0.1, 0.15) is 12.1 Å². The van der Waals surface area contributed by atoms with Gasteiger partial charge in [-0.2, -0.15) is 0 Å². The highest BCUT2D eigenvalue weighted by atomic mass is 16.4. The van der Waals surface area contributed by atoms with Crippen LogP contribution >= 0.6 is 0 Å². The summed E-state index contributed by atoms with van der Waals surface area (Å²) < 4.78 is 0. The lowest BCUT2D eigenvalue weighted by Crippen LogP contribution is -2.44. The Morgan fingerprint density at radius 1 is 0.415 bits per heavy atom. The smallest absolute Gasteiger partial charge is 0.323 e. The molecular formula is C58H54N2O5. The Hall–Kier alpha value is -7.42. The van der Waals surface area contributed by atoms with E-state index in [0.29, 0.717) is 26.2 Å². The zero-order valence-corrected chi connectivity index (χ0v) is 36.5. The summed E-state index contributed by atoms with van der Waals surface area (Å²) in [5.74, 6) is -1.85. The summed E-state index contributed by atoms with van der Waals surface area (Å²) in [7, 11) is 0. The molecule has 7 nitrogen and oxygen atoms in total. The van der Waals surface area contributed by atoms with Crippen molar-refractivity contribution in [2.24, 2.45) is 0 Å². The van der Waals surface area contributed by atoms with E-state index >= 15 is 0 Å². The first kappa shape index (κ1) is 45.6. The maximum atomic E-state index is 11.7. The van der Waals surface area contributed by atoms with Crippen molar-refractivity contribution in [2.75, 3.05) is 32.8 Å². The van der Waals surface area contributed by atoms with Crippen LogP contribution in [0.15, 0.2) is 194 Å². The molecule has 0 amide bonds. The number of aliphatic carboxylic acids is 2. The van der Waals surface area contributed by atoms with Gasteiger partial charge in [-0.25, -0.2) is 0 Å². The molecule has 8 aromatic carbocycles. The van der Waals surface area contributed by atoms with Gasteiger partial charge in [-0.15, -0.1) is 0 Å². The van der Waals surface area contributed by atoms with E-state index in [1.165, 1.54) is 21.5 Å². The van der Waals surface area contributed by atoms with Crippen molar-refractivity contribution in [1.82, 2.24) is 9.80 Å². The number of aliphatic hydroxyl groups excluding tert-OH is 1. The van der Waals surface area contributed by atoms with Crippen LogP contribution in [0.25, 0.3) is 67.4 Å². The number of carboxylic acid groups (broad SMARTS) is 2. The van der Waals surface area contributed by atoms with Crippen molar-refractivity contribution in [3.63, 3.8) is 0 Å². The minimum atomic E-state index is -1.03. The van der Waals surface area contributed by atoms with Crippen LogP contribution in [-0.2, 0) is 9.59 Å². The lowest BCUT2D eigenvalue weighted by molar-refractivity contribution is -0.144. The van der Waals surface area contributed by atoms with Gasteiger partial charge in [0.25, 0.3) is 0 Å². The van der Waals surface area contributed by atoms with Gasteiger partial charge in [0.2, 0.25) is 0 Å². The Kier molecular flexibility index (Phi) is 16.0. The first-order valence-electron chi connectivity index (χ1n) is 21.9. The number of hydrogen-bond donors (Lipinski definition) is 3. The quantitative estimate of drug-likeness (QED) is 0.0838. The molecule has 3 N–H and O–H groups in total. The van der Waals surface area contributed by atoms with Gasteiger partial charge in [-0.3, -0.25) is 19.4 Å². The summed E-state index contributed by atoms with van der Waals surface area (Å²) >= 11 is 0. The molecule has 0 aliphatic carbocycles. The van der Waals surface area contributed by atoms with Crippen LogP contribution in [0.2, 0.25) is 0 Å². The highest BCUT2D eigenvalue weighted by Gasteiger charge is 2.23. The fraction of sp³-hybridized carbons (Fsp3) is 0.138. The third-order valence-electron chi connectivity index (χ3n) is 11.6. The van der Waals surface area contributed by atoms with E-state index in [-0.39, 0.29) is 0 Å². The molecule has 0 heterocycles. The molecule has 0 aliphatic heterocycles. The molecule has 0 bridgehead atoms. The molecule has 0 spiro atoms. The number of nitrogens with zero attached hydrogens (tertiary/aromatic N) is 2. The molecule has 2 unspecified atom stereocenters. The van der Waals surface area contributed by atoms with Gasteiger partial charge >= 0.3 is 11.9 Å². The Bertz CT molecular complexity index is 2800. The van der Waals surface area contributed by atoms with Crippen molar-refractivity contribution in [2.45, 2.75) is 19.0 Å². The topological polar surface area (TPSA) is 101 Å². The number of fused-ring (bicyclic) bond motifs is 4. The summed E-state index contributed by atoms with van der Waals surface area (Å²) in [6, 6.07) is 56.1. The van der Waals surface area contributed by atoms with Crippen molar-refractivity contribution in [3.05, 3.63) is 216 Å². The second kappa shape index (κ2) is 22.8. The van der Waals surface area contributed by atoms with Gasteiger partial charge in [0.15, 0.2) is 0 Å². The van der Waals surface area contributed by atoms with Crippen LogP contribution in [0.1, 0.15) is 29.2 Å². The van der Waals surface area contributed by atoms with Crippen molar-refractivity contribution < 1.29 is 24.9 Å². The number of hydrogen-bond acceptors (Lipinski definition) is 5. The molecular weight excluding hydrogens is 805 g/mol. The molecule has 0 aromatic heterocycles. The predicted molar refractivity (Wildman–Crippen MR) is 271 cm³/mol. The highest BCUT2D eigenvalue weighted by molar-refractivity contribution is 5.93. The van der Waals surface area contributed by atoms with Crippen LogP contribution in [0, 0.1) is 0 Å². The van der Waals surface area contributed by atoms with Gasteiger partial charge in [0, 0.05) is 26.2 Å². The van der Waals surface area contributed by atoms with Crippen LogP contribution in [0.3, 0.4) is 0 Å². The lowest BCUT2D eigenvalue weighted by atomic mass is 10.0. The maximum absolute atomic E-state index is 11.7. The standard InChI is InChI=1S/C29H27NO3.C29H27NO2/c31-21-28(29(32)33)30(19-7-15-24-13-5-11-22-9-1-3-17-26(22)24)20-8-16-25-14-6-12-23-10-2-4-18-27(23)25;1-22(29(31)32)30(20-8-16-25-14-6-12-23-10-2-4-18-27(23)25)21-9-17-26-15-7-13-24-11-3-5-19-28(24)26/h1-18,28,31H,19-21H2,(H,32,33);2-19,22H,20-21H2,1H3,(H,31,32)/b15-7+,16-8+;16-8+,17-9+. The van der Waals surface area contributed by atoms with Crippen molar-refractivity contribution >= 4 is 79.3 Å². The Balaban J connectivity index is 0.000000194. The van der Waals surface area contributed by atoms with E-state index in [4.69, 9.17) is 0 Å². The Morgan fingerprint density at radius 2 is 0.692 bits per heavy atom. The summed E-state index contributed by atoms with van der Waals surface area (Å²) in [5.41, 5.74) is 4.43. The average molecular weight is 859 g/mol. The third-order valence-corrected chi connectivity index (χ3v) is 11.6. The second-order valence-corrected chi connectivity index (χ2v) is 15.8. The van der Waals surface area contributed by atoms with E-state index in [1.807, 2.05) is 126 Å². The Labute approximate surface area is 380 Å². The van der Waals surface area contributed by atoms with Gasteiger partial charge in [-0.1, -0.05) is 218 Å².